The number of urea groups is 1. The summed E-state index contributed by atoms with van der Waals surface area (Å²) in [5, 5.41) is 18.7. The summed E-state index contributed by atoms with van der Waals surface area (Å²) in [5.74, 6) is -0.304. The summed E-state index contributed by atoms with van der Waals surface area (Å²) < 4.78 is 1.62. The molecule has 1 fully saturated rings. The van der Waals surface area contributed by atoms with E-state index in [2.05, 4.69) is 20.7 Å². The minimum atomic E-state index is -0.735. The maximum atomic E-state index is 11.7. The van der Waals surface area contributed by atoms with Crippen LogP contribution < -0.4 is 10.6 Å². The lowest BCUT2D eigenvalue weighted by molar-refractivity contribution is -0.142. The molecule has 8 nitrogen and oxygen atoms in total. The number of hydrogen-bond acceptors (Lipinski definition) is 4. The van der Waals surface area contributed by atoms with Gasteiger partial charge in [0.1, 0.15) is 6.33 Å². The van der Waals surface area contributed by atoms with E-state index in [1.807, 2.05) is 0 Å². The van der Waals surface area contributed by atoms with Gasteiger partial charge in [-0.05, 0) is 25.7 Å². The quantitative estimate of drug-likeness (QED) is 0.724. The number of carboxylic acids is 1. The number of aromatic nitrogens is 3. The maximum Gasteiger partial charge on any atom is 0.315 e. The predicted octanol–water partition coefficient (Wildman–Crippen LogP) is 0.300. The van der Waals surface area contributed by atoms with Crippen molar-refractivity contribution in [2.75, 3.05) is 6.54 Å². The molecule has 1 aromatic heterocycles. The second-order valence-corrected chi connectivity index (χ2v) is 5.37. The molecule has 0 aliphatic heterocycles. The first-order chi connectivity index (χ1) is 10.0. The van der Waals surface area contributed by atoms with Gasteiger partial charge in [-0.2, -0.15) is 5.10 Å². The van der Waals surface area contributed by atoms with Crippen molar-refractivity contribution in [3.63, 3.8) is 0 Å². The molecule has 0 atom stereocenters. The van der Waals surface area contributed by atoms with Crippen LogP contribution in [0.1, 0.15) is 31.5 Å². The number of aryl methyl sites for hydroxylation is 1. The standard InChI is InChI=1S/C13H21N5O3/c1-18-8-15-11(17-18)6-7-14-13(21)16-10-4-2-9(3-5-10)12(19)20/h8-10H,2-7H2,1H3,(H,19,20)(H2,14,16,21). The molecule has 0 bridgehead atoms. The van der Waals surface area contributed by atoms with Gasteiger partial charge < -0.3 is 15.7 Å². The Kier molecular flexibility index (Phi) is 5.13. The maximum absolute atomic E-state index is 11.7. The minimum Gasteiger partial charge on any atom is -0.481 e. The molecule has 2 amide bonds. The second kappa shape index (κ2) is 7.05. The largest absolute Gasteiger partial charge is 0.481 e. The molecule has 1 saturated carbocycles. The van der Waals surface area contributed by atoms with E-state index in [0.717, 1.165) is 0 Å². The Hall–Kier alpha value is -2.12. The Bertz CT molecular complexity index is 494. The van der Waals surface area contributed by atoms with Gasteiger partial charge in [0.05, 0.1) is 5.92 Å². The Morgan fingerprint density at radius 3 is 2.67 bits per heavy atom. The second-order valence-electron chi connectivity index (χ2n) is 5.37. The van der Waals surface area contributed by atoms with Crippen molar-refractivity contribution in [1.29, 1.82) is 0 Å². The van der Waals surface area contributed by atoms with Crippen LogP contribution in [-0.2, 0) is 18.3 Å². The zero-order chi connectivity index (χ0) is 15.2. The molecule has 1 aromatic rings. The van der Waals surface area contributed by atoms with Crippen LogP contribution in [0.3, 0.4) is 0 Å². The fraction of sp³-hybridized carbons (Fsp3) is 0.692. The molecule has 0 unspecified atom stereocenters. The van der Waals surface area contributed by atoms with Crippen molar-refractivity contribution in [1.82, 2.24) is 25.4 Å². The number of hydrogen-bond donors (Lipinski definition) is 3. The molecule has 0 radical (unpaired) electrons. The molecule has 1 heterocycles. The van der Waals surface area contributed by atoms with E-state index in [9.17, 15) is 9.59 Å². The van der Waals surface area contributed by atoms with E-state index in [4.69, 9.17) is 5.11 Å². The number of rotatable bonds is 5. The van der Waals surface area contributed by atoms with Gasteiger partial charge >= 0.3 is 12.0 Å². The van der Waals surface area contributed by atoms with Crippen molar-refractivity contribution in [2.45, 2.75) is 38.1 Å². The Balaban J connectivity index is 1.62. The molecular formula is C13H21N5O3. The molecule has 2 rings (SSSR count). The fourth-order valence-electron chi connectivity index (χ4n) is 2.51. The predicted molar refractivity (Wildman–Crippen MR) is 74.6 cm³/mol. The van der Waals surface area contributed by atoms with Crippen molar-refractivity contribution < 1.29 is 14.7 Å². The number of carbonyl (C=O) groups excluding carboxylic acids is 1. The summed E-state index contributed by atoms with van der Waals surface area (Å²) in [5.41, 5.74) is 0. The highest BCUT2D eigenvalue weighted by molar-refractivity contribution is 5.74. The molecule has 21 heavy (non-hydrogen) atoms. The van der Waals surface area contributed by atoms with Gasteiger partial charge in [-0.25, -0.2) is 9.78 Å². The summed E-state index contributed by atoms with van der Waals surface area (Å²) in [4.78, 5) is 26.7. The Morgan fingerprint density at radius 1 is 1.38 bits per heavy atom. The van der Waals surface area contributed by atoms with Crippen LogP contribution in [0.25, 0.3) is 0 Å². The summed E-state index contributed by atoms with van der Waals surface area (Å²) in [6.07, 6.45) is 4.88. The molecule has 8 heteroatoms. The van der Waals surface area contributed by atoms with E-state index >= 15 is 0 Å². The number of aliphatic carboxylic acids is 1. The number of amides is 2. The van der Waals surface area contributed by atoms with Crippen molar-refractivity contribution in [2.24, 2.45) is 13.0 Å². The molecule has 0 spiro atoms. The smallest absolute Gasteiger partial charge is 0.315 e. The Morgan fingerprint density at radius 2 is 2.10 bits per heavy atom. The third-order valence-corrected chi connectivity index (χ3v) is 3.69. The molecule has 1 aliphatic rings. The normalized spacial score (nSPS) is 21.8. The highest BCUT2D eigenvalue weighted by Crippen LogP contribution is 2.24. The summed E-state index contributed by atoms with van der Waals surface area (Å²) in [6, 6.07) is -0.154. The number of carboxylic acid groups (broad SMARTS) is 1. The van der Waals surface area contributed by atoms with Gasteiger partial charge in [-0.15, -0.1) is 0 Å². The van der Waals surface area contributed by atoms with E-state index < -0.39 is 5.97 Å². The average Bonchev–Trinajstić information content (AvgIpc) is 2.85. The van der Waals surface area contributed by atoms with Crippen molar-refractivity contribution in [3.05, 3.63) is 12.2 Å². The van der Waals surface area contributed by atoms with Gasteiger partial charge in [0.25, 0.3) is 0 Å². The van der Waals surface area contributed by atoms with Crippen LogP contribution in [0.15, 0.2) is 6.33 Å². The zero-order valence-corrected chi connectivity index (χ0v) is 12.1. The molecular weight excluding hydrogens is 274 g/mol. The zero-order valence-electron chi connectivity index (χ0n) is 12.1. The van der Waals surface area contributed by atoms with E-state index in [-0.39, 0.29) is 18.0 Å². The van der Waals surface area contributed by atoms with E-state index in [1.165, 1.54) is 0 Å². The monoisotopic (exact) mass is 295 g/mol. The van der Waals surface area contributed by atoms with Crippen LogP contribution >= 0.6 is 0 Å². The van der Waals surface area contributed by atoms with Gasteiger partial charge in [0.2, 0.25) is 0 Å². The highest BCUT2D eigenvalue weighted by atomic mass is 16.4. The molecule has 1 aliphatic carbocycles. The molecule has 0 saturated heterocycles. The number of nitrogens with zero attached hydrogens (tertiary/aromatic N) is 3. The molecule has 116 valence electrons. The van der Waals surface area contributed by atoms with Gasteiger partial charge in [-0.3, -0.25) is 9.48 Å². The SMILES string of the molecule is Cn1cnc(CCNC(=O)NC2CCC(C(=O)O)CC2)n1. The van der Waals surface area contributed by atoms with Gasteiger partial charge in [-0.1, -0.05) is 0 Å². The summed E-state index contributed by atoms with van der Waals surface area (Å²) in [6.45, 7) is 0.473. The first-order valence-electron chi connectivity index (χ1n) is 7.16. The third kappa shape index (κ3) is 4.73. The highest BCUT2D eigenvalue weighted by Gasteiger charge is 2.26. The van der Waals surface area contributed by atoms with Crippen LogP contribution in [0, 0.1) is 5.92 Å². The van der Waals surface area contributed by atoms with Crippen LogP contribution in [0.5, 0.6) is 0 Å². The van der Waals surface area contributed by atoms with Gasteiger partial charge in [0.15, 0.2) is 5.82 Å². The van der Waals surface area contributed by atoms with Crippen LogP contribution in [0.4, 0.5) is 4.79 Å². The topological polar surface area (TPSA) is 109 Å². The third-order valence-electron chi connectivity index (χ3n) is 3.69. The Labute approximate surface area is 122 Å². The molecule has 0 aromatic carbocycles. The first-order valence-corrected chi connectivity index (χ1v) is 7.16. The summed E-state index contributed by atoms with van der Waals surface area (Å²) in [7, 11) is 1.80. The van der Waals surface area contributed by atoms with Crippen LogP contribution in [-0.4, -0.2) is 44.5 Å². The van der Waals surface area contributed by atoms with Crippen molar-refractivity contribution >= 4 is 12.0 Å². The number of nitrogens with one attached hydrogen (secondary N) is 2. The lowest BCUT2D eigenvalue weighted by atomic mass is 9.86. The summed E-state index contributed by atoms with van der Waals surface area (Å²) >= 11 is 0. The van der Waals surface area contributed by atoms with Crippen LogP contribution in [0.2, 0.25) is 0 Å². The van der Waals surface area contributed by atoms with E-state index in [0.29, 0.717) is 44.5 Å². The fourth-order valence-corrected chi connectivity index (χ4v) is 2.51. The molecule has 3 N–H and O–H groups in total. The minimum absolute atomic E-state index is 0.0635. The average molecular weight is 295 g/mol. The number of carbonyl (C=O) groups is 2. The lowest BCUT2D eigenvalue weighted by Crippen LogP contribution is -2.44. The van der Waals surface area contributed by atoms with E-state index in [1.54, 1.807) is 18.1 Å². The van der Waals surface area contributed by atoms with Gasteiger partial charge in [0, 0.05) is 26.1 Å². The lowest BCUT2D eigenvalue weighted by Gasteiger charge is -2.26. The van der Waals surface area contributed by atoms with Crippen molar-refractivity contribution in [3.8, 4) is 0 Å². The first kappa shape index (κ1) is 15.3.